The highest BCUT2D eigenvalue weighted by Crippen LogP contribution is 2.45. The molecule has 31 heavy (non-hydrogen) atoms. The fourth-order valence-corrected chi connectivity index (χ4v) is 5.75. The molecule has 2 aromatic rings. The third-order valence-corrected chi connectivity index (χ3v) is 7.22. The zero-order valence-electron chi connectivity index (χ0n) is 18.4. The first kappa shape index (κ1) is 24.2. The second-order valence-electron chi connectivity index (χ2n) is 8.05. The zero-order valence-corrected chi connectivity index (χ0v) is 21.3. The van der Waals surface area contributed by atoms with E-state index in [1.807, 2.05) is 13.0 Å². The van der Waals surface area contributed by atoms with E-state index in [0.29, 0.717) is 11.4 Å². The van der Waals surface area contributed by atoms with Gasteiger partial charge in [0.1, 0.15) is 6.73 Å². The normalized spacial score (nSPS) is 18.3. The van der Waals surface area contributed by atoms with Crippen LogP contribution in [0.25, 0.3) is 0 Å². The molecule has 0 radical (unpaired) electrons. The molecule has 2 aromatic carbocycles. The predicted octanol–water partition coefficient (Wildman–Crippen LogP) is 6.73. The molecule has 0 bridgehead atoms. The molecule has 0 spiro atoms. The quantitative estimate of drug-likeness (QED) is 0.269. The number of aryl methyl sites for hydroxylation is 1. The van der Waals surface area contributed by atoms with Gasteiger partial charge in [-0.05, 0) is 84.8 Å². The van der Waals surface area contributed by atoms with Crippen LogP contribution in [0, 0.1) is 6.92 Å². The lowest BCUT2D eigenvalue weighted by Crippen LogP contribution is -2.25. The molecule has 0 saturated heterocycles. The van der Waals surface area contributed by atoms with Crippen LogP contribution in [0.5, 0.6) is 0 Å². The molecular weight excluding hydrogens is 436 g/mol. The van der Waals surface area contributed by atoms with E-state index in [9.17, 15) is 0 Å². The Morgan fingerprint density at radius 1 is 1.19 bits per heavy atom. The Kier molecular flexibility index (Phi) is 8.50. The van der Waals surface area contributed by atoms with Gasteiger partial charge >= 0.3 is 0 Å². The fraction of sp³-hybridized carbons (Fsp3) is 0.308. The number of thiol groups is 1. The summed E-state index contributed by atoms with van der Waals surface area (Å²) in [4.78, 5) is 0.947. The van der Waals surface area contributed by atoms with Crippen molar-refractivity contribution in [2.75, 3.05) is 6.73 Å². The number of benzene rings is 2. The van der Waals surface area contributed by atoms with Crippen molar-refractivity contribution >= 4 is 41.1 Å². The van der Waals surface area contributed by atoms with Crippen LogP contribution in [-0.4, -0.2) is 17.5 Å². The molecule has 0 heterocycles. The summed E-state index contributed by atoms with van der Waals surface area (Å²) in [6, 6.07) is 17.1. The molecule has 2 atom stereocenters. The molecule has 3 rings (SSSR count). The molecule has 1 aliphatic carbocycles. The molecule has 0 saturated carbocycles. The highest BCUT2D eigenvalue weighted by Gasteiger charge is 2.32. The lowest BCUT2D eigenvalue weighted by atomic mass is 9.72. The van der Waals surface area contributed by atoms with E-state index in [1.54, 1.807) is 0 Å². The molecule has 2 nitrogen and oxygen atoms in total. The minimum Gasteiger partial charge on any atom is -0.327 e. The summed E-state index contributed by atoms with van der Waals surface area (Å²) in [7, 11) is 7.74. The highest BCUT2D eigenvalue weighted by atomic mass is 32.1. The molecule has 1 aliphatic rings. The smallest absolute Gasteiger partial charge is 0.101 e. The Bertz CT molecular complexity index is 1040. The summed E-state index contributed by atoms with van der Waals surface area (Å²) in [6.45, 7) is 6.56. The van der Waals surface area contributed by atoms with E-state index in [4.69, 9.17) is 10.5 Å². The lowest BCUT2D eigenvalue weighted by molar-refractivity contribution is 0.324. The van der Waals surface area contributed by atoms with E-state index < -0.39 is 0 Å². The van der Waals surface area contributed by atoms with Gasteiger partial charge in [-0.15, -0.1) is 21.5 Å². The summed E-state index contributed by atoms with van der Waals surface area (Å²) in [6.07, 6.45) is 4.10. The SMILES string of the molecule is C/C=C(/C(=P)OCN)C(C1=C(C)CC(c2ccccc2)CC1=P)c1cc(S)ccc1C. The highest BCUT2D eigenvalue weighted by molar-refractivity contribution is 7.80. The van der Waals surface area contributed by atoms with Crippen molar-refractivity contribution in [3.63, 3.8) is 0 Å². The average molecular weight is 468 g/mol. The van der Waals surface area contributed by atoms with Gasteiger partial charge in [0.05, 0.1) is 5.48 Å². The Morgan fingerprint density at radius 3 is 2.52 bits per heavy atom. The van der Waals surface area contributed by atoms with Crippen LogP contribution in [0.4, 0.5) is 0 Å². The van der Waals surface area contributed by atoms with Crippen molar-refractivity contribution in [2.24, 2.45) is 5.73 Å². The first-order valence-corrected chi connectivity index (χ1v) is 12.0. The van der Waals surface area contributed by atoms with Gasteiger partial charge in [0.2, 0.25) is 0 Å². The van der Waals surface area contributed by atoms with Crippen LogP contribution >= 0.6 is 30.4 Å². The zero-order chi connectivity index (χ0) is 22.5. The number of hydrogen-bond donors (Lipinski definition) is 2. The topological polar surface area (TPSA) is 35.2 Å². The molecule has 2 unspecified atom stereocenters. The maximum Gasteiger partial charge on any atom is 0.101 e. The Labute approximate surface area is 196 Å². The van der Waals surface area contributed by atoms with Crippen LogP contribution < -0.4 is 5.73 Å². The molecule has 0 fully saturated rings. The van der Waals surface area contributed by atoms with Gasteiger partial charge < -0.3 is 10.5 Å². The summed E-state index contributed by atoms with van der Waals surface area (Å²) < 4.78 is 5.69. The van der Waals surface area contributed by atoms with Gasteiger partial charge in [-0.1, -0.05) is 56.9 Å². The molecule has 162 valence electrons. The number of rotatable bonds is 7. The summed E-state index contributed by atoms with van der Waals surface area (Å²) >= 11 is 4.63. The molecular formula is C26H31NOP2S. The van der Waals surface area contributed by atoms with Crippen molar-refractivity contribution in [1.82, 2.24) is 0 Å². The van der Waals surface area contributed by atoms with E-state index in [1.165, 1.54) is 33.1 Å². The van der Waals surface area contributed by atoms with Gasteiger partial charge in [-0.3, -0.25) is 0 Å². The summed E-state index contributed by atoms with van der Waals surface area (Å²) in [5, 5.41) is 1.23. The standard InChI is InChI=1S/C26H31NOP2S/c1-4-21(26(30)28-15-27)25(22-14-20(31)11-10-16(22)2)24-17(3)12-19(13-23(24)29)18-8-6-5-7-9-18/h4-11,14,19,25,29-31H,12-13,15,27H2,1-3H3/b21-4+. The van der Waals surface area contributed by atoms with Crippen molar-refractivity contribution in [1.29, 1.82) is 0 Å². The van der Waals surface area contributed by atoms with Crippen LogP contribution in [0.15, 0.2) is 76.2 Å². The Morgan fingerprint density at radius 2 is 1.90 bits per heavy atom. The molecule has 0 aromatic heterocycles. The van der Waals surface area contributed by atoms with Crippen molar-refractivity contribution in [3.05, 3.63) is 88.0 Å². The molecule has 0 aliphatic heterocycles. The Balaban J connectivity index is 2.14. The number of ether oxygens (including phenoxy) is 1. The second-order valence-corrected chi connectivity index (χ2v) is 9.62. The van der Waals surface area contributed by atoms with Gasteiger partial charge in [-0.25, -0.2) is 0 Å². The number of hydrogen-bond acceptors (Lipinski definition) is 3. The fourth-order valence-electron chi connectivity index (χ4n) is 4.56. The van der Waals surface area contributed by atoms with Gasteiger partial charge in [0.15, 0.2) is 0 Å². The van der Waals surface area contributed by atoms with Crippen LogP contribution in [0.3, 0.4) is 0 Å². The Hall–Kier alpha value is -1.47. The van der Waals surface area contributed by atoms with Gasteiger partial charge in [0.25, 0.3) is 0 Å². The minimum atomic E-state index is 0.0142. The van der Waals surface area contributed by atoms with Gasteiger partial charge in [-0.2, -0.15) is 0 Å². The van der Waals surface area contributed by atoms with Crippen molar-refractivity contribution in [2.45, 2.75) is 50.3 Å². The molecule has 5 heteroatoms. The van der Waals surface area contributed by atoms with Crippen LogP contribution in [0.2, 0.25) is 0 Å². The van der Waals surface area contributed by atoms with E-state index in [2.05, 4.69) is 92.7 Å². The first-order chi connectivity index (χ1) is 14.9. The summed E-state index contributed by atoms with van der Waals surface area (Å²) in [5.74, 6) is 0.483. The molecule has 2 N–H and O–H groups in total. The predicted molar refractivity (Wildman–Crippen MR) is 143 cm³/mol. The van der Waals surface area contributed by atoms with Crippen LogP contribution in [-0.2, 0) is 4.74 Å². The second kappa shape index (κ2) is 10.9. The third-order valence-electron chi connectivity index (χ3n) is 6.03. The van der Waals surface area contributed by atoms with Crippen molar-refractivity contribution in [3.8, 4) is 0 Å². The number of nitrogens with two attached hydrogens (primary N) is 1. The lowest BCUT2D eigenvalue weighted by Gasteiger charge is -2.34. The van der Waals surface area contributed by atoms with E-state index in [-0.39, 0.29) is 12.6 Å². The van der Waals surface area contributed by atoms with Gasteiger partial charge in [0, 0.05) is 10.8 Å². The minimum absolute atomic E-state index is 0.0142. The maximum atomic E-state index is 5.69. The van der Waals surface area contributed by atoms with Crippen LogP contribution in [0.1, 0.15) is 55.2 Å². The third kappa shape index (κ3) is 5.48. The average Bonchev–Trinajstić information content (AvgIpc) is 2.75. The number of allylic oxidation sites excluding steroid dienone is 3. The maximum absolute atomic E-state index is 5.69. The monoisotopic (exact) mass is 467 g/mol. The van der Waals surface area contributed by atoms with E-state index >= 15 is 0 Å². The van der Waals surface area contributed by atoms with E-state index in [0.717, 1.165) is 23.3 Å². The van der Waals surface area contributed by atoms with Crippen molar-refractivity contribution < 1.29 is 4.74 Å². The first-order valence-electron chi connectivity index (χ1n) is 10.6. The molecule has 0 amide bonds. The summed E-state index contributed by atoms with van der Waals surface area (Å²) in [5.41, 5.74) is 13.9. The largest absolute Gasteiger partial charge is 0.327 e.